The average Bonchev–Trinajstić information content (AvgIpc) is 2.57. The standard InChI is InChI=1S/C12H15FN2O/c1-12(2,3)10-9(7-16)15-6-4-5-8(13)11(15)14-10/h4-6,16H,7H2,1-3H3. The second kappa shape index (κ2) is 3.56. The maximum absolute atomic E-state index is 13.5. The molecule has 0 aromatic carbocycles. The zero-order chi connectivity index (χ0) is 11.9. The van der Waals surface area contributed by atoms with E-state index in [0.29, 0.717) is 5.69 Å². The van der Waals surface area contributed by atoms with Gasteiger partial charge in [-0.15, -0.1) is 0 Å². The summed E-state index contributed by atoms with van der Waals surface area (Å²) in [6, 6.07) is 2.98. The van der Waals surface area contributed by atoms with Gasteiger partial charge in [0.25, 0.3) is 0 Å². The average molecular weight is 222 g/mol. The van der Waals surface area contributed by atoms with Gasteiger partial charge in [0.05, 0.1) is 18.0 Å². The molecule has 0 aliphatic heterocycles. The van der Waals surface area contributed by atoms with Crippen LogP contribution >= 0.6 is 0 Å². The number of imidazole rings is 1. The number of pyridine rings is 1. The summed E-state index contributed by atoms with van der Waals surface area (Å²) in [5.74, 6) is -0.368. The molecule has 86 valence electrons. The second-order valence-corrected chi connectivity index (χ2v) is 4.86. The Labute approximate surface area is 93.6 Å². The maximum Gasteiger partial charge on any atom is 0.173 e. The van der Waals surface area contributed by atoms with Gasteiger partial charge in [0.2, 0.25) is 0 Å². The fourth-order valence-corrected chi connectivity index (χ4v) is 1.84. The van der Waals surface area contributed by atoms with Crippen LogP contribution in [0, 0.1) is 5.82 Å². The van der Waals surface area contributed by atoms with Gasteiger partial charge in [-0.2, -0.15) is 0 Å². The van der Waals surface area contributed by atoms with Crippen LogP contribution in [0.15, 0.2) is 18.3 Å². The van der Waals surface area contributed by atoms with Gasteiger partial charge in [0.1, 0.15) is 0 Å². The summed E-state index contributed by atoms with van der Waals surface area (Å²) in [4.78, 5) is 4.28. The van der Waals surface area contributed by atoms with E-state index in [0.717, 1.165) is 5.69 Å². The summed E-state index contributed by atoms with van der Waals surface area (Å²) in [6.45, 7) is 5.83. The van der Waals surface area contributed by atoms with E-state index in [1.807, 2.05) is 20.8 Å². The van der Waals surface area contributed by atoms with Crippen LogP contribution in [-0.2, 0) is 12.0 Å². The highest BCUT2D eigenvalue weighted by Gasteiger charge is 2.24. The first-order valence-corrected chi connectivity index (χ1v) is 5.22. The molecule has 0 aliphatic rings. The number of nitrogens with zero attached hydrogens (tertiary/aromatic N) is 2. The summed E-state index contributed by atoms with van der Waals surface area (Å²) in [7, 11) is 0. The smallest absolute Gasteiger partial charge is 0.173 e. The van der Waals surface area contributed by atoms with Crippen molar-refractivity contribution in [3.8, 4) is 0 Å². The minimum absolute atomic E-state index is 0.142. The van der Waals surface area contributed by atoms with Crippen LogP contribution in [-0.4, -0.2) is 14.5 Å². The van der Waals surface area contributed by atoms with E-state index in [1.165, 1.54) is 6.07 Å². The third-order valence-corrected chi connectivity index (χ3v) is 2.56. The highest BCUT2D eigenvalue weighted by molar-refractivity contribution is 5.46. The molecule has 3 nitrogen and oxygen atoms in total. The van der Waals surface area contributed by atoms with Gasteiger partial charge in [-0.25, -0.2) is 9.37 Å². The molecule has 16 heavy (non-hydrogen) atoms. The Balaban J connectivity index is 2.81. The minimum atomic E-state index is -0.368. The molecule has 1 N–H and O–H groups in total. The number of fused-ring (bicyclic) bond motifs is 1. The summed E-state index contributed by atoms with van der Waals surface area (Å²) in [5, 5.41) is 9.38. The number of hydrogen-bond acceptors (Lipinski definition) is 2. The lowest BCUT2D eigenvalue weighted by molar-refractivity contribution is 0.272. The Kier molecular flexibility index (Phi) is 2.46. The van der Waals surface area contributed by atoms with Crippen molar-refractivity contribution in [3.05, 3.63) is 35.5 Å². The third kappa shape index (κ3) is 1.59. The minimum Gasteiger partial charge on any atom is -0.390 e. The van der Waals surface area contributed by atoms with Crippen molar-refractivity contribution in [2.75, 3.05) is 0 Å². The second-order valence-electron chi connectivity index (χ2n) is 4.86. The van der Waals surface area contributed by atoms with E-state index < -0.39 is 0 Å². The van der Waals surface area contributed by atoms with Crippen LogP contribution < -0.4 is 0 Å². The number of aliphatic hydroxyl groups excluding tert-OH is 1. The molecule has 0 radical (unpaired) electrons. The lowest BCUT2D eigenvalue weighted by Crippen LogP contribution is -2.14. The summed E-state index contributed by atoms with van der Waals surface area (Å²) in [5.41, 5.74) is 1.45. The molecule has 0 amide bonds. The SMILES string of the molecule is CC(C)(C)c1nc2c(F)cccn2c1CO. The van der Waals surface area contributed by atoms with E-state index in [-0.39, 0.29) is 23.5 Å². The lowest BCUT2D eigenvalue weighted by atomic mass is 9.91. The van der Waals surface area contributed by atoms with Crippen molar-refractivity contribution in [3.63, 3.8) is 0 Å². The number of aliphatic hydroxyl groups is 1. The van der Waals surface area contributed by atoms with E-state index >= 15 is 0 Å². The molecule has 2 heterocycles. The Bertz CT molecular complexity index is 526. The van der Waals surface area contributed by atoms with Crippen LogP contribution in [0.25, 0.3) is 5.65 Å². The first-order valence-electron chi connectivity index (χ1n) is 5.22. The fraction of sp³-hybridized carbons (Fsp3) is 0.417. The predicted octanol–water partition coefficient (Wildman–Crippen LogP) is 2.26. The van der Waals surface area contributed by atoms with E-state index in [1.54, 1.807) is 16.7 Å². The molecule has 0 saturated heterocycles. The Morgan fingerprint density at radius 2 is 2.12 bits per heavy atom. The first kappa shape index (κ1) is 11.1. The molecule has 2 aromatic rings. The van der Waals surface area contributed by atoms with Crippen molar-refractivity contribution >= 4 is 5.65 Å². The molecule has 0 bridgehead atoms. The van der Waals surface area contributed by atoms with Gasteiger partial charge in [-0.05, 0) is 12.1 Å². The van der Waals surface area contributed by atoms with Gasteiger partial charge >= 0.3 is 0 Å². The highest BCUT2D eigenvalue weighted by atomic mass is 19.1. The first-order chi connectivity index (χ1) is 7.45. The van der Waals surface area contributed by atoms with Crippen LogP contribution in [0.4, 0.5) is 4.39 Å². The number of rotatable bonds is 1. The van der Waals surface area contributed by atoms with Crippen molar-refractivity contribution < 1.29 is 9.50 Å². The summed E-state index contributed by atoms with van der Waals surface area (Å²) in [6.07, 6.45) is 1.71. The van der Waals surface area contributed by atoms with Crippen molar-refractivity contribution in [1.29, 1.82) is 0 Å². The molecule has 0 fully saturated rings. The molecule has 0 atom stereocenters. The number of halogens is 1. The topological polar surface area (TPSA) is 37.5 Å². The van der Waals surface area contributed by atoms with Crippen molar-refractivity contribution in [1.82, 2.24) is 9.38 Å². The molecule has 0 aliphatic carbocycles. The van der Waals surface area contributed by atoms with Gasteiger partial charge in [-0.3, -0.25) is 4.40 Å². The highest BCUT2D eigenvalue weighted by Crippen LogP contribution is 2.26. The summed E-state index contributed by atoms with van der Waals surface area (Å²) < 4.78 is 15.1. The Hall–Kier alpha value is -1.42. The monoisotopic (exact) mass is 222 g/mol. The third-order valence-electron chi connectivity index (χ3n) is 2.56. The zero-order valence-electron chi connectivity index (χ0n) is 9.66. The predicted molar refractivity (Wildman–Crippen MR) is 59.8 cm³/mol. The van der Waals surface area contributed by atoms with Gasteiger partial charge in [-0.1, -0.05) is 20.8 Å². The van der Waals surface area contributed by atoms with E-state index in [2.05, 4.69) is 4.98 Å². The molecular formula is C12H15FN2O. The van der Waals surface area contributed by atoms with Gasteiger partial charge < -0.3 is 5.11 Å². The van der Waals surface area contributed by atoms with Crippen LogP contribution in [0.1, 0.15) is 32.2 Å². The molecule has 4 heteroatoms. The van der Waals surface area contributed by atoms with Crippen LogP contribution in [0.3, 0.4) is 0 Å². The normalized spacial score (nSPS) is 12.3. The molecule has 2 aromatic heterocycles. The zero-order valence-corrected chi connectivity index (χ0v) is 9.66. The van der Waals surface area contributed by atoms with Crippen LogP contribution in [0.2, 0.25) is 0 Å². The van der Waals surface area contributed by atoms with Crippen molar-refractivity contribution in [2.24, 2.45) is 0 Å². The summed E-state index contributed by atoms with van der Waals surface area (Å²) >= 11 is 0. The molecular weight excluding hydrogens is 207 g/mol. The molecule has 0 unspecified atom stereocenters. The largest absolute Gasteiger partial charge is 0.390 e. The van der Waals surface area contributed by atoms with Gasteiger partial charge in [0, 0.05) is 11.6 Å². The fourth-order valence-electron chi connectivity index (χ4n) is 1.84. The molecule has 2 rings (SSSR count). The van der Waals surface area contributed by atoms with E-state index in [9.17, 15) is 9.50 Å². The van der Waals surface area contributed by atoms with Gasteiger partial charge in [0.15, 0.2) is 11.5 Å². The molecule has 0 spiro atoms. The Morgan fingerprint density at radius 3 is 2.69 bits per heavy atom. The lowest BCUT2D eigenvalue weighted by Gasteiger charge is -2.16. The van der Waals surface area contributed by atoms with Crippen LogP contribution in [0.5, 0.6) is 0 Å². The number of aromatic nitrogens is 2. The number of hydrogen-bond donors (Lipinski definition) is 1. The quantitative estimate of drug-likeness (QED) is 0.803. The maximum atomic E-state index is 13.5. The Morgan fingerprint density at radius 1 is 1.44 bits per heavy atom. The van der Waals surface area contributed by atoms with E-state index in [4.69, 9.17) is 0 Å². The molecule has 0 saturated carbocycles. The van der Waals surface area contributed by atoms with Crippen molar-refractivity contribution in [2.45, 2.75) is 32.8 Å².